The first-order valence-corrected chi connectivity index (χ1v) is 13.6. The maximum Gasteiger partial charge on any atom is 0.280 e. The van der Waals surface area contributed by atoms with Gasteiger partial charge in [0.1, 0.15) is 0 Å². The summed E-state index contributed by atoms with van der Waals surface area (Å²) >= 11 is 1.35. The topological polar surface area (TPSA) is 130 Å². The number of hydrogen-bond acceptors (Lipinski definition) is 10. The Morgan fingerprint density at radius 3 is 2.68 bits per heavy atom. The Hall–Kier alpha value is -2.38. The lowest BCUT2D eigenvalue weighted by Gasteiger charge is -2.35. The van der Waals surface area contributed by atoms with E-state index in [1.54, 1.807) is 18.3 Å². The van der Waals surface area contributed by atoms with Gasteiger partial charge in [-0.3, -0.25) is 15.0 Å². The summed E-state index contributed by atoms with van der Waals surface area (Å²) in [6.07, 6.45) is 3.23. The van der Waals surface area contributed by atoms with Crippen LogP contribution >= 0.6 is 11.3 Å². The molecule has 0 spiro atoms. The van der Waals surface area contributed by atoms with Crippen LogP contribution in [-0.2, 0) is 30.8 Å². The van der Waals surface area contributed by atoms with Gasteiger partial charge in [0.2, 0.25) is 0 Å². The standard InChI is InChI=1S/C22H26N4O6S2/c27-15-10-26(11-15)12-17-9-23-22(33-17)24-21(28)20(25-32-16-7-8-31-13-16)14-1-3-18(4-2-14)34(29,30)19-5-6-19/h1-4,9,15-16,19,27H,5-8,10-13H2,(H,23,24,28)/t16-/m1/s1. The van der Waals surface area contributed by atoms with E-state index in [4.69, 9.17) is 9.57 Å². The van der Waals surface area contributed by atoms with Gasteiger partial charge in [0.25, 0.3) is 5.91 Å². The van der Waals surface area contributed by atoms with Crippen LogP contribution < -0.4 is 5.32 Å². The molecule has 0 unspecified atom stereocenters. The number of hydrogen-bond donors (Lipinski definition) is 2. The van der Waals surface area contributed by atoms with Crippen molar-refractivity contribution in [3.8, 4) is 0 Å². The van der Waals surface area contributed by atoms with E-state index in [1.807, 2.05) is 0 Å². The zero-order valence-corrected chi connectivity index (χ0v) is 20.1. The maximum absolute atomic E-state index is 13.1. The summed E-state index contributed by atoms with van der Waals surface area (Å²) in [7, 11) is -3.33. The number of thiazole rings is 1. The first-order chi connectivity index (χ1) is 16.4. The molecule has 2 aliphatic heterocycles. The van der Waals surface area contributed by atoms with Crippen molar-refractivity contribution < 1.29 is 27.9 Å². The zero-order valence-electron chi connectivity index (χ0n) is 18.4. The number of oxime groups is 1. The molecule has 2 aromatic rings. The molecule has 1 aromatic heterocycles. The number of carbonyl (C=O) groups excluding carboxylic acids is 1. The van der Waals surface area contributed by atoms with Crippen molar-refractivity contribution in [3.05, 3.63) is 40.9 Å². The van der Waals surface area contributed by atoms with Gasteiger partial charge in [-0.1, -0.05) is 17.3 Å². The summed E-state index contributed by atoms with van der Waals surface area (Å²) in [6.45, 7) is 2.90. The van der Waals surface area contributed by atoms with Gasteiger partial charge in [0.15, 0.2) is 26.8 Å². The number of aliphatic hydroxyl groups excluding tert-OH is 1. The second-order valence-corrected chi connectivity index (χ2v) is 12.1. The number of anilines is 1. The van der Waals surface area contributed by atoms with Gasteiger partial charge >= 0.3 is 0 Å². The number of carbonyl (C=O) groups is 1. The quantitative estimate of drug-likeness (QED) is 0.386. The van der Waals surface area contributed by atoms with Crippen molar-refractivity contribution in [2.45, 2.75) is 48.2 Å². The summed E-state index contributed by atoms with van der Waals surface area (Å²) in [4.78, 5) is 26.2. The minimum absolute atomic E-state index is 0.0323. The Balaban J connectivity index is 1.31. The molecule has 3 fully saturated rings. The molecule has 3 heterocycles. The predicted octanol–water partition coefficient (Wildman–Crippen LogP) is 1.40. The van der Waals surface area contributed by atoms with Crippen LogP contribution in [0.3, 0.4) is 0 Å². The van der Waals surface area contributed by atoms with Crippen molar-refractivity contribution in [1.29, 1.82) is 0 Å². The molecule has 1 aromatic carbocycles. The molecule has 1 saturated carbocycles. The number of likely N-dealkylation sites (tertiary alicyclic amines) is 1. The first-order valence-electron chi connectivity index (χ1n) is 11.2. The molecule has 3 aliphatic rings. The minimum Gasteiger partial charge on any atom is -0.390 e. The number of aromatic nitrogens is 1. The van der Waals surface area contributed by atoms with E-state index in [0.717, 1.165) is 4.88 Å². The molecule has 1 amide bonds. The fourth-order valence-corrected chi connectivity index (χ4v) is 6.32. The highest BCUT2D eigenvalue weighted by molar-refractivity contribution is 7.92. The van der Waals surface area contributed by atoms with E-state index in [9.17, 15) is 18.3 Å². The van der Waals surface area contributed by atoms with Crippen LogP contribution in [0.25, 0.3) is 0 Å². The van der Waals surface area contributed by atoms with Gasteiger partial charge in [-0.25, -0.2) is 13.4 Å². The van der Waals surface area contributed by atoms with E-state index < -0.39 is 15.7 Å². The Labute approximate surface area is 201 Å². The molecule has 34 heavy (non-hydrogen) atoms. The van der Waals surface area contributed by atoms with Gasteiger partial charge in [-0.05, 0) is 25.0 Å². The lowest BCUT2D eigenvalue weighted by molar-refractivity contribution is -0.110. The van der Waals surface area contributed by atoms with Crippen molar-refractivity contribution in [2.75, 3.05) is 31.6 Å². The molecule has 1 atom stereocenters. The average molecular weight is 507 g/mol. The third-order valence-corrected chi connectivity index (χ3v) is 9.08. The summed E-state index contributed by atoms with van der Waals surface area (Å²) in [5, 5.41) is 16.4. The van der Waals surface area contributed by atoms with Crippen molar-refractivity contribution >= 4 is 37.9 Å². The molecule has 0 radical (unpaired) electrons. The predicted molar refractivity (Wildman–Crippen MR) is 126 cm³/mol. The molecule has 2 N–H and O–H groups in total. The molecular formula is C22H26N4O6S2. The number of aliphatic hydroxyl groups is 1. The molecule has 5 rings (SSSR count). The number of β-amino-alcohol motifs (C(OH)–C–C–N with tert-alkyl or cyclic N) is 1. The lowest BCUT2D eigenvalue weighted by atomic mass is 10.1. The summed E-state index contributed by atoms with van der Waals surface area (Å²) in [6, 6.07) is 6.16. The monoisotopic (exact) mass is 506 g/mol. The second kappa shape index (κ2) is 9.70. The number of sulfone groups is 1. The fourth-order valence-electron chi connectivity index (χ4n) is 3.81. The molecule has 0 bridgehead atoms. The Morgan fingerprint density at radius 2 is 2.03 bits per heavy atom. The van der Waals surface area contributed by atoms with E-state index in [-0.39, 0.29) is 28.1 Å². The summed E-state index contributed by atoms with van der Waals surface area (Å²) in [5.41, 5.74) is 0.474. The molecule has 12 heteroatoms. The molecule has 1 aliphatic carbocycles. The van der Waals surface area contributed by atoms with E-state index in [1.165, 1.54) is 23.5 Å². The van der Waals surface area contributed by atoms with Crippen LogP contribution in [0.1, 0.15) is 29.7 Å². The summed E-state index contributed by atoms with van der Waals surface area (Å²) < 4.78 is 30.3. The van der Waals surface area contributed by atoms with Gasteiger partial charge < -0.3 is 14.7 Å². The number of ether oxygens (including phenoxy) is 1. The maximum atomic E-state index is 13.1. The molecule has 182 valence electrons. The van der Waals surface area contributed by atoms with Crippen LogP contribution in [-0.4, -0.2) is 78.8 Å². The highest BCUT2D eigenvalue weighted by Crippen LogP contribution is 2.33. The van der Waals surface area contributed by atoms with Gasteiger partial charge in [0.05, 0.1) is 29.5 Å². The molecule has 2 saturated heterocycles. The van der Waals surface area contributed by atoms with Gasteiger partial charge in [0, 0.05) is 42.7 Å². The van der Waals surface area contributed by atoms with Gasteiger partial charge in [-0.15, -0.1) is 11.3 Å². The van der Waals surface area contributed by atoms with E-state index in [0.29, 0.717) is 62.8 Å². The van der Waals surface area contributed by atoms with E-state index >= 15 is 0 Å². The largest absolute Gasteiger partial charge is 0.390 e. The first kappa shape index (κ1) is 23.4. The third-order valence-electron chi connectivity index (χ3n) is 5.91. The zero-order chi connectivity index (χ0) is 23.7. The third kappa shape index (κ3) is 5.31. The number of nitrogens with one attached hydrogen (secondary N) is 1. The van der Waals surface area contributed by atoms with Crippen LogP contribution in [0.5, 0.6) is 0 Å². The fraction of sp³-hybridized carbons (Fsp3) is 0.500. The van der Waals surface area contributed by atoms with Crippen molar-refractivity contribution in [1.82, 2.24) is 9.88 Å². The Bertz CT molecular complexity index is 1160. The van der Waals surface area contributed by atoms with E-state index in [2.05, 4.69) is 20.4 Å². The second-order valence-electron chi connectivity index (χ2n) is 8.73. The van der Waals surface area contributed by atoms with Crippen molar-refractivity contribution in [2.24, 2.45) is 5.16 Å². The number of rotatable bonds is 9. The molecule has 10 nitrogen and oxygen atoms in total. The number of nitrogens with zero attached hydrogens (tertiary/aromatic N) is 3. The highest BCUT2D eigenvalue weighted by Gasteiger charge is 2.37. The van der Waals surface area contributed by atoms with Crippen LogP contribution in [0.15, 0.2) is 40.5 Å². The normalized spacial score (nSPS) is 21.9. The Morgan fingerprint density at radius 1 is 1.26 bits per heavy atom. The number of amides is 1. The Kier molecular flexibility index (Phi) is 6.67. The average Bonchev–Trinajstić information content (AvgIpc) is 3.38. The summed E-state index contributed by atoms with van der Waals surface area (Å²) in [5.74, 6) is -0.503. The smallest absolute Gasteiger partial charge is 0.280 e. The molecular weight excluding hydrogens is 480 g/mol. The lowest BCUT2D eigenvalue weighted by Crippen LogP contribution is -2.49. The minimum atomic E-state index is -3.33. The van der Waals surface area contributed by atoms with Crippen LogP contribution in [0.4, 0.5) is 5.13 Å². The van der Waals surface area contributed by atoms with Gasteiger partial charge in [-0.2, -0.15) is 0 Å². The van der Waals surface area contributed by atoms with Crippen LogP contribution in [0, 0.1) is 0 Å². The number of benzene rings is 1. The van der Waals surface area contributed by atoms with Crippen LogP contribution in [0.2, 0.25) is 0 Å². The SMILES string of the molecule is O=C(Nc1ncc(CN2CC(O)C2)s1)C(=NO[C@@H]1CCOC1)c1ccc(S(=O)(=O)C2CC2)cc1. The highest BCUT2D eigenvalue weighted by atomic mass is 32.2. The van der Waals surface area contributed by atoms with Crippen molar-refractivity contribution in [3.63, 3.8) is 0 Å².